The zero-order valence-corrected chi connectivity index (χ0v) is 17.2. The van der Waals surface area contributed by atoms with Gasteiger partial charge in [-0.25, -0.2) is 21.6 Å². The van der Waals surface area contributed by atoms with Gasteiger partial charge in [0.2, 0.25) is 20.0 Å². The predicted octanol–water partition coefficient (Wildman–Crippen LogP) is 1.99. The van der Waals surface area contributed by atoms with E-state index in [4.69, 9.17) is 0 Å². The number of piperidine rings is 1. The molecule has 1 unspecified atom stereocenters. The SMILES string of the molecule is Cc1ccc(C(C)(C)C)cc1S(=O)(=O)N1CCCC(NS(C)(=O)=O)C1. The second-order valence-corrected chi connectivity index (χ2v) is 11.5. The van der Waals surface area contributed by atoms with Crippen molar-refractivity contribution in [1.29, 1.82) is 0 Å². The Bertz CT molecular complexity index is 840. The number of hydrogen-bond donors (Lipinski definition) is 1. The highest BCUT2D eigenvalue weighted by Crippen LogP contribution is 2.29. The first-order valence-corrected chi connectivity index (χ1v) is 11.7. The molecule has 0 bridgehead atoms. The molecule has 0 saturated carbocycles. The van der Waals surface area contributed by atoms with Gasteiger partial charge in [0.25, 0.3) is 0 Å². The average molecular weight is 389 g/mol. The fourth-order valence-electron chi connectivity index (χ4n) is 3.04. The van der Waals surface area contributed by atoms with Crippen LogP contribution in [0, 0.1) is 6.92 Å². The van der Waals surface area contributed by atoms with Gasteiger partial charge in [0.15, 0.2) is 0 Å². The molecule has 8 heteroatoms. The minimum absolute atomic E-state index is 0.153. The summed E-state index contributed by atoms with van der Waals surface area (Å²) in [4.78, 5) is 0.305. The second-order valence-electron chi connectivity index (χ2n) is 7.82. The van der Waals surface area contributed by atoms with Crippen LogP contribution in [-0.2, 0) is 25.5 Å². The summed E-state index contributed by atoms with van der Waals surface area (Å²) in [5.74, 6) is 0. The van der Waals surface area contributed by atoms with E-state index in [1.54, 1.807) is 13.0 Å². The first-order chi connectivity index (χ1) is 11.3. The maximum absolute atomic E-state index is 13.1. The molecule has 1 saturated heterocycles. The van der Waals surface area contributed by atoms with Crippen molar-refractivity contribution < 1.29 is 16.8 Å². The molecule has 0 radical (unpaired) electrons. The van der Waals surface area contributed by atoms with Crippen molar-refractivity contribution >= 4 is 20.0 Å². The molecule has 2 rings (SSSR count). The minimum Gasteiger partial charge on any atom is -0.213 e. The topological polar surface area (TPSA) is 83.6 Å². The second kappa shape index (κ2) is 6.98. The number of aryl methyl sites for hydroxylation is 1. The van der Waals surface area contributed by atoms with Crippen LogP contribution in [-0.4, -0.2) is 46.5 Å². The van der Waals surface area contributed by atoms with Crippen molar-refractivity contribution in [2.24, 2.45) is 0 Å². The predicted molar refractivity (Wildman–Crippen MR) is 99.6 cm³/mol. The Labute approximate surface area is 151 Å². The van der Waals surface area contributed by atoms with Crippen molar-refractivity contribution in [3.05, 3.63) is 29.3 Å². The van der Waals surface area contributed by atoms with E-state index in [1.807, 2.05) is 32.9 Å². The monoisotopic (exact) mass is 388 g/mol. The quantitative estimate of drug-likeness (QED) is 0.855. The van der Waals surface area contributed by atoms with Gasteiger partial charge in [-0.2, -0.15) is 4.31 Å². The van der Waals surface area contributed by atoms with E-state index < -0.39 is 20.0 Å². The van der Waals surface area contributed by atoms with Crippen LogP contribution in [0.4, 0.5) is 0 Å². The number of sulfonamides is 2. The minimum atomic E-state index is -3.67. The largest absolute Gasteiger partial charge is 0.243 e. The summed E-state index contributed by atoms with van der Waals surface area (Å²) in [6, 6.07) is 5.16. The zero-order valence-electron chi connectivity index (χ0n) is 15.5. The van der Waals surface area contributed by atoms with Gasteiger partial charge in [0, 0.05) is 19.1 Å². The molecule has 25 heavy (non-hydrogen) atoms. The Balaban J connectivity index is 2.35. The Morgan fingerprint density at radius 1 is 1.16 bits per heavy atom. The molecule has 1 heterocycles. The molecular weight excluding hydrogens is 360 g/mol. The van der Waals surface area contributed by atoms with E-state index in [2.05, 4.69) is 4.72 Å². The summed E-state index contributed by atoms with van der Waals surface area (Å²) in [5, 5.41) is 0. The Kier molecular flexibility index (Phi) is 5.68. The highest BCUT2D eigenvalue weighted by molar-refractivity contribution is 7.89. The molecule has 0 spiro atoms. The van der Waals surface area contributed by atoms with Gasteiger partial charge in [0.05, 0.1) is 11.2 Å². The van der Waals surface area contributed by atoms with Crippen LogP contribution in [0.15, 0.2) is 23.1 Å². The number of benzene rings is 1. The van der Waals surface area contributed by atoms with Gasteiger partial charge in [-0.15, -0.1) is 0 Å². The normalized spacial score (nSPS) is 20.6. The van der Waals surface area contributed by atoms with Crippen LogP contribution in [0.25, 0.3) is 0 Å². The number of hydrogen-bond acceptors (Lipinski definition) is 4. The third-order valence-corrected chi connectivity index (χ3v) is 7.21. The molecule has 0 aromatic heterocycles. The Morgan fingerprint density at radius 3 is 2.36 bits per heavy atom. The summed E-state index contributed by atoms with van der Waals surface area (Å²) in [7, 11) is -7.03. The van der Waals surface area contributed by atoms with Gasteiger partial charge in [-0.1, -0.05) is 32.9 Å². The van der Waals surface area contributed by atoms with Crippen LogP contribution in [0.5, 0.6) is 0 Å². The third-order valence-electron chi connectivity index (χ3n) is 4.44. The number of rotatable bonds is 4. The lowest BCUT2D eigenvalue weighted by molar-refractivity contribution is 0.303. The fraction of sp³-hybridized carbons (Fsp3) is 0.647. The molecule has 1 aromatic rings. The van der Waals surface area contributed by atoms with Crippen LogP contribution >= 0.6 is 0 Å². The molecular formula is C17H28N2O4S2. The van der Waals surface area contributed by atoms with Crippen molar-refractivity contribution in [2.45, 2.75) is 56.9 Å². The highest BCUT2D eigenvalue weighted by Gasteiger charge is 2.32. The molecule has 1 aromatic carbocycles. The van der Waals surface area contributed by atoms with Crippen LogP contribution in [0.3, 0.4) is 0 Å². The highest BCUT2D eigenvalue weighted by atomic mass is 32.2. The van der Waals surface area contributed by atoms with Gasteiger partial charge in [-0.3, -0.25) is 0 Å². The molecule has 1 aliphatic heterocycles. The van der Waals surface area contributed by atoms with E-state index >= 15 is 0 Å². The van der Waals surface area contributed by atoms with E-state index in [0.29, 0.717) is 29.8 Å². The van der Waals surface area contributed by atoms with Crippen molar-refractivity contribution in [3.8, 4) is 0 Å². The fourth-order valence-corrected chi connectivity index (χ4v) is 5.62. The summed E-state index contributed by atoms with van der Waals surface area (Å²) in [6.07, 6.45) is 2.36. The lowest BCUT2D eigenvalue weighted by Crippen LogP contribution is -2.49. The summed E-state index contributed by atoms with van der Waals surface area (Å²) >= 11 is 0. The first kappa shape index (κ1) is 20.4. The Morgan fingerprint density at radius 2 is 1.80 bits per heavy atom. The van der Waals surface area contributed by atoms with Crippen LogP contribution in [0.2, 0.25) is 0 Å². The zero-order chi connectivity index (χ0) is 19.0. The Hall–Kier alpha value is -0.960. The smallest absolute Gasteiger partial charge is 0.213 e. The third kappa shape index (κ3) is 5.03. The van der Waals surface area contributed by atoms with E-state index in [-0.39, 0.29) is 18.0 Å². The molecule has 1 fully saturated rings. The number of nitrogens with one attached hydrogen (secondary N) is 1. The molecule has 1 aliphatic rings. The molecule has 1 N–H and O–H groups in total. The summed E-state index contributed by atoms with van der Waals surface area (Å²) in [6.45, 7) is 8.48. The lowest BCUT2D eigenvalue weighted by Gasteiger charge is -2.32. The van der Waals surface area contributed by atoms with Gasteiger partial charge < -0.3 is 0 Å². The molecule has 1 atom stereocenters. The summed E-state index contributed by atoms with van der Waals surface area (Å²) < 4.78 is 53.1. The molecule has 142 valence electrons. The molecule has 0 aliphatic carbocycles. The van der Waals surface area contributed by atoms with Gasteiger partial charge in [0.1, 0.15) is 0 Å². The van der Waals surface area contributed by atoms with Crippen molar-refractivity contribution in [2.75, 3.05) is 19.3 Å². The first-order valence-electron chi connectivity index (χ1n) is 8.39. The standard InChI is InChI=1S/C17H28N2O4S2/c1-13-8-9-14(17(2,3)4)11-16(13)25(22,23)19-10-6-7-15(12-19)18-24(5,20)21/h8-9,11,15,18H,6-7,10,12H2,1-5H3. The maximum atomic E-state index is 13.1. The van der Waals surface area contributed by atoms with E-state index in [9.17, 15) is 16.8 Å². The van der Waals surface area contributed by atoms with Crippen molar-refractivity contribution in [3.63, 3.8) is 0 Å². The maximum Gasteiger partial charge on any atom is 0.243 e. The molecule has 0 amide bonds. The van der Waals surface area contributed by atoms with Gasteiger partial charge >= 0.3 is 0 Å². The number of nitrogens with zero attached hydrogens (tertiary/aromatic N) is 1. The van der Waals surface area contributed by atoms with Crippen molar-refractivity contribution in [1.82, 2.24) is 9.03 Å². The summed E-state index contributed by atoms with van der Waals surface area (Å²) in [5.41, 5.74) is 1.51. The average Bonchev–Trinajstić information content (AvgIpc) is 2.44. The van der Waals surface area contributed by atoms with Gasteiger partial charge in [-0.05, 0) is 42.4 Å². The van der Waals surface area contributed by atoms with E-state index in [0.717, 1.165) is 11.8 Å². The van der Waals surface area contributed by atoms with Crippen LogP contribution in [0.1, 0.15) is 44.7 Å². The molecule has 6 nitrogen and oxygen atoms in total. The van der Waals surface area contributed by atoms with E-state index in [1.165, 1.54) is 4.31 Å². The lowest BCUT2D eigenvalue weighted by atomic mass is 9.87. The van der Waals surface area contributed by atoms with Crippen LogP contribution < -0.4 is 4.72 Å².